The van der Waals surface area contributed by atoms with E-state index in [1.54, 1.807) is 100 Å². The highest BCUT2D eigenvalue weighted by Gasteiger charge is 2.33. The van der Waals surface area contributed by atoms with Gasteiger partial charge in [0.2, 0.25) is 11.8 Å². The van der Waals surface area contributed by atoms with Crippen LogP contribution in [0, 0.1) is 0 Å². The summed E-state index contributed by atoms with van der Waals surface area (Å²) in [5.74, 6) is -0.101. The molecule has 0 saturated carbocycles. The lowest BCUT2D eigenvalue weighted by atomic mass is 10.1. The van der Waals surface area contributed by atoms with E-state index >= 15 is 0 Å². The predicted octanol–water partition coefficient (Wildman–Crippen LogP) is 12.3. The predicted molar refractivity (Wildman–Crippen MR) is 506 cm³/mol. The molecule has 4 aliphatic heterocycles. The zero-order valence-electron chi connectivity index (χ0n) is 77.1. The van der Waals surface area contributed by atoms with Gasteiger partial charge in [0.15, 0.2) is 22.6 Å². The van der Waals surface area contributed by atoms with Crippen molar-refractivity contribution in [3.8, 4) is 91.0 Å². The first-order valence-corrected chi connectivity index (χ1v) is 45.7. The van der Waals surface area contributed by atoms with Crippen molar-refractivity contribution in [2.45, 2.75) is 96.4 Å². The standard InChI is InChI=1S/C23H18F2N8O4.C23H21F2N7O4S.2C23H23F2N7O4/c24-23(25)37-17-9-15-18(35-6-3-26-15)8-13(17)20-16(11-32(31-20)12-19-27-4-7-36-19)30-22(34)14-10-29-33-5-1-2-28-21(14)33;1-30(2)19(33)12-31-11-15(28-22(34)14-10-27-32-5-3-4-26-21(14)32)20(29-31)13-8-17-18(37-7-6-35-17)9-16(13)36-23(24)25;2*1-2-13(33)11-31-12-17(29-22(34)15-10-28-32-6-3-4-27-21(15)32)20(30-31)14-8-19-16(26-5-7-35-19)9-18(14)36-23(24)25/h1-2,4-5,7-11,23,26H,3,6,12H2,(H,30,34);3-5,8-11,23H,6-7,12H2,1-2H3,(H,28,34);2*3-4,6,8-10,12-13,23,26,33H,2,5,7,11H2,1H3,(H,29,34)/t;;2*13-/m..10/s1. The number of carbonyl (C=O) groups excluding carboxylic acids is 5. The summed E-state index contributed by atoms with van der Waals surface area (Å²) in [6.45, 7) is -5.30. The number of nitrogens with one attached hydrogen (secondary N) is 7. The van der Waals surface area contributed by atoms with Gasteiger partial charge in [-0.3, -0.25) is 42.7 Å². The van der Waals surface area contributed by atoms with Crippen LogP contribution in [0.25, 0.3) is 67.6 Å². The lowest BCUT2D eigenvalue weighted by Gasteiger charge is -2.21. The van der Waals surface area contributed by atoms with Crippen LogP contribution in [0.2, 0.25) is 0 Å². The molecule has 0 unspecified atom stereocenters. The van der Waals surface area contributed by atoms with Crippen LogP contribution in [0.4, 0.5) is 74.9 Å². The second-order valence-corrected chi connectivity index (χ2v) is 33.3. The zero-order valence-corrected chi connectivity index (χ0v) is 77.9. The maximum absolute atomic E-state index is 13.3. The molecule has 13 aromatic heterocycles. The molecule has 756 valence electrons. The quantitative estimate of drug-likeness (QED) is 0.0189. The van der Waals surface area contributed by atoms with Crippen molar-refractivity contribution in [1.29, 1.82) is 0 Å². The summed E-state index contributed by atoms with van der Waals surface area (Å²) < 4.78 is 165. The van der Waals surface area contributed by atoms with Gasteiger partial charge >= 0.3 is 26.4 Å². The van der Waals surface area contributed by atoms with Crippen LogP contribution < -0.4 is 75.1 Å². The fraction of sp³-hybridized carbons (Fsp3) is 0.261. The number of rotatable bonds is 30. The summed E-state index contributed by atoms with van der Waals surface area (Å²) in [5.41, 5.74) is 5.98. The number of anilines is 7. The molecule has 0 fully saturated rings. The fourth-order valence-electron chi connectivity index (χ4n) is 15.4. The van der Waals surface area contributed by atoms with E-state index in [-0.39, 0.29) is 145 Å². The average Bonchev–Trinajstić information content (AvgIpc) is 1.60. The summed E-state index contributed by atoms with van der Waals surface area (Å²) in [5, 5.41) is 75.1. The molecule has 17 heterocycles. The summed E-state index contributed by atoms with van der Waals surface area (Å²) in [4.78, 5) is 88.1. The molecule has 9 N–H and O–H groups in total. The van der Waals surface area contributed by atoms with Gasteiger partial charge in [-0.15, -0.1) is 11.8 Å². The molecule has 0 bridgehead atoms. The van der Waals surface area contributed by atoms with E-state index in [1.165, 1.54) is 152 Å². The Kier molecular flexibility index (Phi) is 29.5. The molecule has 5 amide bonds. The maximum Gasteiger partial charge on any atom is 0.387 e. The average molecular weight is 2040 g/mol. The molecule has 17 aromatic rings. The van der Waals surface area contributed by atoms with Crippen molar-refractivity contribution in [1.82, 2.24) is 107 Å². The molecular weight excluding hydrogens is 1950 g/mol. The van der Waals surface area contributed by atoms with Crippen LogP contribution in [0.3, 0.4) is 0 Å². The number of hydrogen-bond donors (Lipinski definition) is 9. The van der Waals surface area contributed by atoms with Crippen molar-refractivity contribution in [2.75, 3.05) is 103 Å². The number of thioether (sulfide) groups is 1. The second kappa shape index (κ2) is 43.8. The first kappa shape index (κ1) is 98.5. The van der Waals surface area contributed by atoms with Crippen molar-refractivity contribution in [2.24, 2.45) is 0 Å². The van der Waals surface area contributed by atoms with Crippen LogP contribution in [0.15, 0.2) is 194 Å². The van der Waals surface area contributed by atoms with Gasteiger partial charge in [0.1, 0.15) is 130 Å². The van der Waals surface area contributed by atoms with E-state index in [1.807, 2.05) is 13.8 Å². The number of aromatic nitrogens is 21. The van der Waals surface area contributed by atoms with E-state index in [0.29, 0.717) is 138 Å². The van der Waals surface area contributed by atoms with Gasteiger partial charge in [-0.05, 0) is 67.4 Å². The number of alkyl halides is 8. The van der Waals surface area contributed by atoms with E-state index < -0.39 is 62.3 Å². The highest BCUT2D eigenvalue weighted by molar-refractivity contribution is 7.99. The first-order chi connectivity index (χ1) is 70.7. The molecule has 21 rings (SSSR count). The van der Waals surface area contributed by atoms with Gasteiger partial charge in [-0.2, -0.15) is 75.9 Å². The number of likely N-dealkylation sites (N-methyl/N-ethyl adjacent to an activating group) is 1. The van der Waals surface area contributed by atoms with E-state index in [9.17, 15) is 69.3 Å². The summed E-state index contributed by atoms with van der Waals surface area (Å²) in [7, 11) is 3.20. The number of oxazole rings is 1. The molecule has 0 aliphatic carbocycles. The second-order valence-electron chi connectivity index (χ2n) is 32.2. The molecule has 0 spiro atoms. The molecule has 0 saturated heterocycles. The van der Waals surface area contributed by atoms with Crippen LogP contribution in [0.5, 0.6) is 46.0 Å². The number of benzene rings is 4. The highest BCUT2D eigenvalue weighted by Crippen LogP contribution is 2.49. The zero-order chi connectivity index (χ0) is 102. The van der Waals surface area contributed by atoms with Crippen molar-refractivity contribution in [3.63, 3.8) is 0 Å². The number of aliphatic hydroxyl groups is 2. The number of nitrogens with zero attached hydrogens (tertiary/aromatic N) is 22. The number of carbonyl (C=O) groups is 5. The van der Waals surface area contributed by atoms with Gasteiger partial charge in [0.25, 0.3) is 23.6 Å². The minimum absolute atomic E-state index is 0.127. The van der Waals surface area contributed by atoms with Gasteiger partial charge in [0, 0.05) is 132 Å². The van der Waals surface area contributed by atoms with Gasteiger partial charge < -0.3 is 94.6 Å². The normalized spacial score (nSPS) is 13.2. The number of halogens is 8. The van der Waals surface area contributed by atoms with Crippen molar-refractivity contribution >= 4 is 104 Å². The fourth-order valence-corrected chi connectivity index (χ4v) is 16.3. The lowest BCUT2D eigenvalue weighted by Crippen LogP contribution is -2.26. The third-order valence-corrected chi connectivity index (χ3v) is 23.3. The van der Waals surface area contributed by atoms with Crippen molar-refractivity contribution < 1.29 is 112 Å². The molecule has 4 aromatic carbocycles. The molecule has 4 aliphatic rings. The Bertz CT molecular complexity index is 7430. The van der Waals surface area contributed by atoms with Crippen LogP contribution in [-0.2, 0) is 31.0 Å². The highest BCUT2D eigenvalue weighted by atomic mass is 32.2. The van der Waals surface area contributed by atoms with Crippen LogP contribution in [0.1, 0.15) is 74.0 Å². The molecule has 146 heavy (non-hydrogen) atoms. The Morgan fingerprint density at radius 2 is 0.760 bits per heavy atom. The number of hydrogen-bond acceptors (Lipinski definition) is 33. The maximum atomic E-state index is 13.3. The summed E-state index contributed by atoms with van der Waals surface area (Å²) in [6.07, 6.45) is 26.8. The number of aliphatic hydroxyl groups excluding tert-OH is 2. The largest absolute Gasteiger partial charge is 0.492 e. The number of amides is 5. The monoisotopic (exact) mass is 2040 g/mol. The Morgan fingerprint density at radius 1 is 0.432 bits per heavy atom. The van der Waals surface area contributed by atoms with Crippen LogP contribution in [-0.4, -0.2) is 252 Å². The lowest BCUT2D eigenvalue weighted by molar-refractivity contribution is -0.129. The SMILES string of the molecule is CC[C@@H](O)Cn1cc(NC(=O)c2cnn3cccnc23)c(-c2cc3c(cc2OC(F)F)NCCO3)n1.CC[C@H](O)Cn1cc(NC(=O)c2cnn3cccnc23)c(-c2cc3c(cc2OC(F)F)NCCO3)n1.CN(C)C(=O)Cn1cc(NC(=O)c2cnn3cccnc23)c(-c2cc3c(cc2OC(F)F)SCCO3)n1.O=C(Nc1cn(Cc2ncco2)nc1-c1cc2c(cc1OC(F)F)NCCO2)c1cnn2cccnc12. The van der Waals surface area contributed by atoms with Gasteiger partial charge in [0.05, 0.1) is 130 Å². The Hall–Kier alpha value is -17.7. The third kappa shape index (κ3) is 22.4. The molecule has 54 heteroatoms. The minimum atomic E-state index is -3.09. The topological polar surface area (TPSA) is 505 Å². The molecule has 2 atom stereocenters. The molecular formula is C92H85F8N29O16S. The minimum Gasteiger partial charge on any atom is -0.492 e. The Morgan fingerprint density at radius 3 is 1.10 bits per heavy atom. The Balaban J connectivity index is 0.000000128. The van der Waals surface area contributed by atoms with Gasteiger partial charge in [-0.1, -0.05) is 13.8 Å². The van der Waals surface area contributed by atoms with Gasteiger partial charge in [-0.25, -0.2) is 43.0 Å². The molecule has 0 radical (unpaired) electrons. The molecule has 45 nitrogen and oxygen atoms in total. The third-order valence-electron chi connectivity index (χ3n) is 22.2. The Labute approximate surface area is 822 Å². The summed E-state index contributed by atoms with van der Waals surface area (Å²) >= 11 is 1.45. The number of ether oxygens (including phenoxy) is 8. The smallest absolute Gasteiger partial charge is 0.387 e. The van der Waals surface area contributed by atoms with Crippen molar-refractivity contribution in [3.05, 3.63) is 213 Å². The van der Waals surface area contributed by atoms with E-state index in [0.717, 1.165) is 0 Å². The first-order valence-electron chi connectivity index (χ1n) is 44.7. The van der Waals surface area contributed by atoms with Crippen LogP contribution >= 0.6 is 11.8 Å². The number of fused-ring (bicyclic) bond motifs is 8. The van der Waals surface area contributed by atoms with E-state index in [4.69, 9.17) is 42.3 Å². The van der Waals surface area contributed by atoms with E-state index in [2.05, 4.69) is 103 Å². The summed E-state index contributed by atoms with van der Waals surface area (Å²) in [6, 6.07) is 18.6.